The van der Waals surface area contributed by atoms with Crippen LogP contribution in [0.25, 0.3) is 0 Å². The lowest BCUT2D eigenvalue weighted by Crippen LogP contribution is -2.23. The largest absolute Gasteiger partial charge is 0.493 e. The predicted octanol–water partition coefficient (Wildman–Crippen LogP) is 4.25. The molecule has 104 valence electrons. The Bertz CT molecular complexity index is 457. The smallest absolute Gasteiger partial charge is 0.124 e. The van der Waals surface area contributed by atoms with Gasteiger partial charge in [0.15, 0.2) is 0 Å². The lowest BCUT2D eigenvalue weighted by molar-refractivity contribution is 0.163. The molecule has 2 nitrogen and oxygen atoms in total. The van der Waals surface area contributed by atoms with Gasteiger partial charge in [-0.25, -0.2) is 0 Å². The van der Waals surface area contributed by atoms with E-state index in [4.69, 9.17) is 4.74 Å². The van der Waals surface area contributed by atoms with Gasteiger partial charge in [-0.2, -0.15) is 0 Å². The quantitative estimate of drug-likeness (QED) is 0.876. The number of benzene rings is 1. The molecule has 1 fully saturated rings. The van der Waals surface area contributed by atoms with E-state index in [1.54, 1.807) is 0 Å². The first kappa shape index (κ1) is 12.8. The Morgan fingerprint density at radius 1 is 1.42 bits per heavy atom. The van der Waals surface area contributed by atoms with Crippen molar-refractivity contribution < 1.29 is 4.74 Å². The maximum absolute atomic E-state index is 6.20. The molecular formula is C17H25NO. The van der Waals surface area contributed by atoms with E-state index < -0.39 is 0 Å². The van der Waals surface area contributed by atoms with Gasteiger partial charge in [-0.05, 0) is 43.7 Å². The Morgan fingerprint density at radius 3 is 3.11 bits per heavy atom. The van der Waals surface area contributed by atoms with Crippen molar-refractivity contribution in [1.82, 2.24) is 0 Å². The Balaban J connectivity index is 1.70. The molecule has 0 spiro atoms. The van der Waals surface area contributed by atoms with Crippen LogP contribution < -0.4 is 10.1 Å². The zero-order valence-corrected chi connectivity index (χ0v) is 12.2. The highest BCUT2D eigenvalue weighted by Gasteiger charge is 2.33. The zero-order chi connectivity index (χ0) is 13.3. The average Bonchev–Trinajstić information content (AvgIpc) is 2.77. The standard InChI is InChI=1S/C17H25NO/c1-13-8-9-17(2,11-13)12-19-16-7-3-6-15-14(16)5-4-10-18-15/h3,6-7,13,18H,4-5,8-12H2,1-2H3. The number of hydrogen-bond donors (Lipinski definition) is 1. The highest BCUT2D eigenvalue weighted by Crippen LogP contribution is 2.42. The molecule has 2 atom stereocenters. The molecule has 1 N–H and O–H groups in total. The van der Waals surface area contributed by atoms with E-state index in [2.05, 4.69) is 37.4 Å². The second-order valence-electron chi connectivity index (χ2n) is 6.76. The molecule has 2 unspecified atom stereocenters. The van der Waals surface area contributed by atoms with Crippen LogP contribution in [-0.4, -0.2) is 13.2 Å². The third-order valence-electron chi connectivity index (χ3n) is 4.71. The van der Waals surface area contributed by atoms with Gasteiger partial charge in [0, 0.05) is 23.2 Å². The summed E-state index contributed by atoms with van der Waals surface area (Å²) in [6.07, 6.45) is 6.32. The summed E-state index contributed by atoms with van der Waals surface area (Å²) in [5, 5.41) is 3.47. The Labute approximate surface area is 116 Å². The molecule has 1 aromatic rings. The number of ether oxygens (including phenoxy) is 1. The summed E-state index contributed by atoms with van der Waals surface area (Å²) in [7, 11) is 0. The fourth-order valence-electron chi connectivity index (χ4n) is 3.64. The molecule has 1 heterocycles. The SMILES string of the molecule is CC1CCC(C)(COc2cccc3c2CCCN3)C1. The van der Waals surface area contributed by atoms with E-state index in [0.29, 0.717) is 5.41 Å². The minimum Gasteiger partial charge on any atom is -0.493 e. The van der Waals surface area contributed by atoms with E-state index in [9.17, 15) is 0 Å². The summed E-state index contributed by atoms with van der Waals surface area (Å²) < 4.78 is 6.20. The van der Waals surface area contributed by atoms with Crippen LogP contribution in [-0.2, 0) is 6.42 Å². The van der Waals surface area contributed by atoms with Gasteiger partial charge >= 0.3 is 0 Å². The first-order chi connectivity index (χ1) is 9.16. The Hall–Kier alpha value is -1.18. The van der Waals surface area contributed by atoms with Gasteiger partial charge in [-0.15, -0.1) is 0 Å². The van der Waals surface area contributed by atoms with Gasteiger partial charge in [0.25, 0.3) is 0 Å². The molecular weight excluding hydrogens is 234 g/mol. The van der Waals surface area contributed by atoms with Gasteiger partial charge in [-0.1, -0.05) is 26.3 Å². The number of rotatable bonds is 3. The molecule has 0 saturated heterocycles. The predicted molar refractivity (Wildman–Crippen MR) is 79.9 cm³/mol. The van der Waals surface area contributed by atoms with Crippen LogP contribution in [0.3, 0.4) is 0 Å². The van der Waals surface area contributed by atoms with Crippen molar-refractivity contribution in [3.8, 4) is 5.75 Å². The molecule has 1 saturated carbocycles. The normalized spacial score (nSPS) is 29.7. The van der Waals surface area contributed by atoms with E-state index in [-0.39, 0.29) is 0 Å². The third-order valence-corrected chi connectivity index (χ3v) is 4.71. The van der Waals surface area contributed by atoms with E-state index in [1.165, 1.54) is 36.9 Å². The van der Waals surface area contributed by atoms with Crippen molar-refractivity contribution in [2.75, 3.05) is 18.5 Å². The monoisotopic (exact) mass is 259 g/mol. The van der Waals surface area contributed by atoms with Crippen molar-refractivity contribution >= 4 is 5.69 Å². The summed E-state index contributed by atoms with van der Waals surface area (Å²) in [5.41, 5.74) is 3.03. The number of anilines is 1. The topological polar surface area (TPSA) is 21.3 Å². The molecule has 3 rings (SSSR count). The fraction of sp³-hybridized carbons (Fsp3) is 0.647. The lowest BCUT2D eigenvalue weighted by atomic mass is 9.89. The second kappa shape index (κ2) is 5.07. The van der Waals surface area contributed by atoms with Crippen molar-refractivity contribution in [2.45, 2.75) is 46.0 Å². The summed E-state index contributed by atoms with van der Waals surface area (Å²) in [6.45, 7) is 6.70. The van der Waals surface area contributed by atoms with Crippen molar-refractivity contribution in [3.63, 3.8) is 0 Å². The molecule has 19 heavy (non-hydrogen) atoms. The summed E-state index contributed by atoms with van der Waals surface area (Å²) >= 11 is 0. The molecule has 0 aromatic heterocycles. The Kier molecular flexibility index (Phi) is 3.42. The fourth-order valence-corrected chi connectivity index (χ4v) is 3.64. The van der Waals surface area contributed by atoms with Crippen LogP contribution in [0.15, 0.2) is 18.2 Å². The minimum absolute atomic E-state index is 0.379. The van der Waals surface area contributed by atoms with Crippen molar-refractivity contribution in [3.05, 3.63) is 23.8 Å². The van der Waals surface area contributed by atoms with Gasteiger partial charge in [0.05, 0.1) is 6.61 Å². The summed E-state index contributed by atoms with van der Waals surface area (Å²) in [5.74, 6) is 1.96. The molecule has 1 aliphatic carbocycles. The summed E-state index contributed by atoms with van der Waals surface area (Å²) in [4.78, 5) is 0. The molecule has 0 radical (unpaired) electrons. The van der Waals surface area contributed by atoms with Crippen LogP contribution in [0.5, 0.6) is 5.75 Å². The zero-order valence-electron chi connectivity index (χ0n) is 12.2. The molecule has 1 aromatic carbocycles. The van der Waals surface area contributed by atoms with Gasteiger partial charge < -0.3 is 10.1 Å². The molecule has 2 aliphatic rings. The van der Waals surface area contributed by atoms with Crippen LogP contribution in [0.4, 0.5) is 5.69 Å². The van der Waals surface area contributed by atoms with Crippen LogP contribution >= 0.6 is 0 Å². The van der Waals surface area contributed by atoms with Crippen LogP contribution in [0.1, 0.15) is 45.1 Å². The molecule has 0 amide bonds. The first-order valence-corrected chi connectivity index (χ1v) is 7.65. The van der Waals surface area contributed by atoms with E-state index in [0.717, 1.165) is 31.2 Å². The Morgan fingerprint density at radius 2 is 2.32 bits per heavy atom. The maximum Gasteiger partial charge on any atom is 0.124 e. The highest BCUT2D eigenvalue weighted by molar-refractivity contribution is 5.59. The van der Waals surface area contributed by atoms with Crippen LogP contribution in [0.2, 0.25) is 0 Å². The highest BCUT2D eigenvalue weighted by atomic mass is 16.5. The summed E-state index contributed by atoms with van der Waals surface area (Å²) in [6, 6.07) is 6.40. The van der Waals surface area contributed by atoms with E-state index in [1.807, 2.05) is 0 Å². The van der Waals surface area contributed by atoms with E-state index >= 15 is 0 Å². The lowest BCUT2D eigenvalue weighted by Gasteiger charge is -2.26. The molecule has 1 aliphatic heterocycles. The van der Waals surface area contributed by atoms with Gasteiger partial charge in [0.2, 0.25) is 0 Å². The molecule has 0 bridgehead atoms. The van der Waals surface area contributed by atoms with Gasteiger partial charge in [0.1, 0.15) is 5.75 Å². The number of nitrogens with one attached hydrogen (secondary N) is 1. The van der Waals surface area contributed by atoms with Crippen molar-refractivity contribution in [2.24, 2.45) is 11.3 Å². The van der Waals surface area contributed by atoms with Crippen LogP contribution in [0, 0.1) is 11.3 Å². The maximum atomic E-state index is 6.20. The minimum atomic E-state index is 0.379. The number of hydrogen-bond acceptors (Lipinski definition) is 2. The average molecular weight is 259 g/mol. The number of fused-ring (bicyclic) bond motifs is 1. The molecule has 2 heteroatoms. The first-order valence-electron chi connectivity index (χ1n) is 7.65. The van der Waals surface area contributed by atoms with Crippen molar-refractivity contribution in [1.29, 1.82) is 0 Å². The third kappa shape index (κ3) is 2.72. The van der Waals surface area contributed by atoms with Gasteiger partial charge in [-0.3, -0.25) is 0 Å². The second-order valence-corrected chi connectivity index (χ2v) is 6.76.